The molecule has 0 saturated heterocycles. The Morgan fingerprint density at radius 2 is 0.641 bits per heavy atom. The molecule has 200 valence electrons. The Hall–Kier alpha value is -2.86. The molecular weight excluding hydrogens is 600 g/mol. The quantitative estimate of drug-likeness (QED) is 0.134. The molecule has 6 aromatic carbocycles. The Morgan fingerprint density at radius 1 is 0.385 bits per heavy atom. The second-order valence-electron chi connectivity index (χ2n) is 8.51. The summed E-state index contributed by atoms with van der Waals surface area (Å²) in [6.07, 6.45) is 8.95. The molecule has 0 heterocycles. The van der Waals surface area contributed by atoms with Crippen LogP contribution in [-0.2, 0) is 56.6 Å². The molecule has 1 aliphatic rings. The molecule has 0 spiro atoms. The standard InChI is InChI=1S/C21H17.3C5H5.3Fe/c1-2-10-17(9-1)21(18-11-3-4-12-18,19-13-5-6-14-19)20-15-7-8-16-20;3*1-2-4-5-3-1;;;/h1-17H;3*1-5H;;;/q-3;3*-1;3*+2. The van der Waals surface area contributed by atoms with E-state index in [-0.39, 0.29) is 56.6 Å². The number of rotatable bonds is 4. The average Bonchev–Trinajstić information content (AvgIpc) is 3.81. The fourth-order valence-corrected chi connectivity index (χ4v) is 4.67. The van der Waals surface area contributed by atoms with Gasteiger partial charge in [0.1, 0.15) is 0 Å². The SMILES string of the molecule is C1=CC(C([c-]2cccc2)([c-]2cccc2)[c-]2cccc2)C=C1.[Fe+2].[Fe+2].[Fe+2].c1cc[cH-]c1.c1cc[cH-]c1.c1cc[cH-]c1. The van der Waals surface area contributed by atoms with Crippen molar-refractivity contribution in [3.8, 4) is 0 Å². The number of allylic oxidation sites excluding steroid dienone is 4. The van der Waals surface area contributed by atoms with Crippen molar-refractivity contribution >= 4 is 0 Å². The van der Waals surface area contributed by atoms with Crippen LogP contribution in [0.25, 0.3) is 0 Å². The van der Waals surface area contributed by atoms with Gasteiger partial charge in [0, 0.05) is 0 Å². The predicted octanol–water partition coefficient (Wildman–Crippen LogP) is 9.13. The first-order valence-corrected chi connectivity index (χ1v) is 12.4. The zero-order valence-electron chi connectivity index (χ0n) is 21.5. The summed E-state index contributed by atoms with van der Waals surface area (Å²) in [5.41, 5.74) is 3.96. The molecule has 6 aromatic rings. The Bertz CT molecular complexity index is 1090. The molecule has 0 atom stereocenters. The van der Waals surface area contributed by atoms with E-state index >= 15 is 0 Å². The Balaban J connectivity index is 0.000000346. The van der Waals surface area contributed by atoms with Gasteiger partial charge in [-0.25, -0.2) is 72.8 Å². The van der Waals surface area contributed by atoms with Crippen LogP contribution in [0.1, 0.15) is 16.7 Å². The molecule has 1 aliphatic carbocycles. The molecule has 7 rings (SSSR count). The molecule has 0 unspecified atom stereocenters. The minimum Gasteiger partial charge on any atom is -0.214 e. The summed E-state index contributed by atoms with van der Waals surface area (Å²) in [6, 6.07) is 56.3. The van der Waals surface area contributed by atoms with Gasteiger partial charge in [0.2, 0.25) is 0 Å². The zero-order valence-corrected chi connectivity index (χ0v) is 24.8. The molecule has 0 amide bonds. The molecular formula is C36H32Fe3. The monoisotopic (exact) mass is 632 g/mol. The van der Waals surface area contributed by atoms with Gasteiger partial charge in [-0.15, -0.1) is 0 Å². The number of hydrogen-bond acceptors (Lipinski definition) is 0. The molecule has 0 radical (unpaired) electrons. The third-order valence-electron chi connectivity index (χ3n) is 6.27. The summed E-state index contributed by atoms with van der Waals surface area (Å²) in [5, 5.41) is 0. The van der Waals surface area contributed by atoms with Crippen molar-refractivity contribution < 1.29 is 51.2 Å². The Labute approximate surface area is 265 Å². The second-order valence-corrected chi connectivity index (χ2v) is 8.51. The van der Waals surface area contributed by atoms with Crippen LogP contribution in [0.2, 0.25) is 0 Å². The molecule has 0 fully saturated rings. The molecule has 39 heavy (non-hydrogen) atoms. The van der Waals surface area contributed by atoms with Crippen molar-refractivity contribution in [3.63, 3.8) is 0 Å². The summed E-state index contributed by atoms with van der Waals surface area (Å²) >= 11 is 0. The first-order valence-electron chi connectivity index (χ1n) is 12.4. The molecule has 3 heteroatoms. The third-order valence-corrected chi connectivity index (χ3v) is 6.27. The van der Waals surface area contributed by atoms with E-state index in [0.29, 0.717) is 5.92 Å². The summed E-state index contributed by atoms with van der Waals surface area (Å²) in [6.45, 7) is 0. The van der Waals surface area contributed by atoms with E-state index in [4.69, 9.17) is 0 Å². The maximum Gasteiger partial charge on any atom is 2.00 e. The fraction of sp³-hybridized carbons (Fsp3) is 0.0556. The average molecular weight is 632 g/mol. The van der Waals surface area contributed by atoms with Crippen LogP contribution < -0.4 is 0 Å². The van der Waals surface area contributed by atoms with E-state index in [2.05, 4.69) is 97.1 Å². The minimum atomic E-state index is -0.125. The van der Waals surface area contributed by atoms with Gasteiger partial charge in [0.15, 0.2) is 0 Å². The predicted molar refractivity (Wildman–Crippen MR) is 154 cm³/mol. The molecule has 0 bridgehead atoms. The molecule has 0 nitrogen and oxygen atoms in total. The van der Waals surface area contributed by atoms with Gasteiger partial charge in [0.25, 0.3) is 0 Å². The molecule has 0 aliphatic heterocycles. The van der Waals surface area contributed by atoms with Crippen LogP contribution in [0.3, 0.4) is 0 Å². The van der Waals surface area contributed by atoms with Crippen molar-refractivity contribution in [2.75, 3.05) is 0 Å². The van der Waals surface area contributed by atoms with E-state index in [9.17, 15) is 0 Å². The van der Waals surface area contributed by atoms with Gasteiger partial charge in [-0.05, 0) is 5.92 Å². The summed E-state index contributed by atoms with van der Waals surface area (Å²) in [4.78, 5) is 0. The first-order chi connectivity index (χ1) is 17.9. The smallest absolute Gasteiger partial charge is 0.214 e. The van der Waals surface area contributed by atoms with Crippen LogP contribution in [0, 0.1) is 5.92 Å². The summed E-state index contributed by atoms with van der Waals surface area (Å²) in [7, 11) is 0. The molecule has 0 saturated carbocycles. The largest absolute Gasteiger partial charge is 2.00 e. The van der Waals surface area contributed by atoms with Gasteiger partial charge >= 0.3 is 51.2 Å². The van der Waals surface area contributed by atoms with Crippen molar-refractivity contribution in [1.29, 1.82) is 0 Å². The maximum atomic E-state index is 2.31. The van der Waals surface area contributed by atoms with Gasteiger partial charge in [-0.1, -0.05) is 29.7 Å². The topological polar surface area (TPSA) is 0 Å². The molecule has 0 N–H and O–H groups in total. The van der Waals surface area contributed by atoms with Crippen LogP contribution in [0.5, 0.6) is 0 Å². The first kappa shape index (κ1) is 34.2. The fourth-order valence-electron chi connectivity index (χ4n) is 4.67. The Kier molecular flexibility index (Phi) is 16.9. The van der Waals surface area contributed by atoms with Crippen LogP contribution >= 0.6 is 0 Å². The third kappa shape index (κ3) is 9.38. The van der Waals surface area contributed by atoms with E-state index in [1.165, 1.54) is 16.7 Å². The number of hydrogen-bond donors (Lipinski definition) is 0. The Morgan fingerprint density at radius 3 is 0.846 bits per heavy atom. The van der Waals surface area contributed by atoms with Gasteiger partial charge < -0.3 is 0 Å². The van der Waals surface area contributed by atoms with E-state index in [1.54, 1.807) is 0 Å². The maximum absolute atomic E-state index is 2.31. The zero-order chi connectivity index (χ0) is 24.7. The second kappa shape index (κ2) is 19.2. The van der Waals surface area contributed by atoms with Crippen molar-refractivity contribution in [2.45, 2.75) is 5.41 Å². The van der Waals surface area contributed by atoms with Gasteiger partial charge in [-0.3, -0.25) is 0 Å². The summed E-state index contributed by atoms with van der Waals surface area (Å²) in [5.74, 6) is 0.352. The van der Waals surface area contributed by atoms with Crippen molar-refractivity contribution in [2.24, 2.45) is 5.92 Å². The van der Waals surface area contributed by atoms with Gasteiger partial charge in [0.05, 0.1) is 0 Å². The van der Waals surface area contributed by atoms with E-state index < -0.39 is 0 Å². The van der Waals surface area contributed by atoms with Crippen molar-refractivity contribution in [3.05, 3.63) is 205 Å². The van der Waals surface area contributed by atoms with Crippen LogP contribution in [-0.4, -0.2) is 0 Å². The van der Waals surface area contributed by atoms with Crippen molar-refractivity contribution in [1.82, 2.24) is 0 Å². The van der Waals surface area contributed by atoms with Gasteiger partial charge in [-0.2, -0.15) is 108 Å². The van der Waals surface area contributed by atoms with Crippen LogP contribution in [0.4, 0.5) is 0 Å². The molecule has 0 aromatic heterocycles. The minimum absolute atomic E-state index is 0. The van der Waals surface area contributed by atoms with Crippen LogP contribution in [0.15, 0.2) is 188 Å². The van der Waals surface area contributed by atoms with E-state index in [0.717, 1.165) is 0 Å². The normalized spacial score (nSPS) is 11.2. The summed E-state index contributed by atoms with van der Waals surface area (Å²) < 4.78 is 0. The van der Waals surface area contributed by atoms with E-state index in [1.807, 2.05) is 91.0 Å².